The molecule has 0 amide bonds. The number of methoxy groups -OCH3 is 5. The van der Waals surface area contributed by atoms with Crippen molar-refractivity contribution in [1.82, 2.24) is 0 Å². The molecule has 0 saturated carbocycles. The molecule has 1 aromatic rings. The first-order chi connectivity index (χ1) is 32.1. The fourth-order valence-corrected chi connectivity index (χ4v) is 10.8. The van der Waals surface area contributed by atoms with Gasteiger partial charge in [0.2, 0.25) is 0 Å². The summed E-state index contributed by atoms with van der Waals surface area (Å²) in [6.07, 6.45) is 9.51. The maximum Gasteiger partial charge on any atom is 0.333 e. The monoisotopic (exact) mass is 977 g/mol. The highest BCUT2D eigenvalue weighted by Gasteiger charge is 2.41. The van der Waals surface area contributed by atoms with Crippen molar-refractivity contribution in [2.75, 3.05) is 42.3 Å². The lowest BCUT2D eigenvalue weighted by Crippen LogP contribution is -2.45. The number of hydrogen-bond donors (Lipinski definition) is 1. The summed E-state index contributed by atoms with van der Waals surface area (Å²) in [4.78, 5) is 26.4. The van der Waals surface area contributed by atoms with Crippen LogP contribution in [0.15, 0.2) is 48.1 Å². The van der Waals surface area contributed by atoms with Crippen LogP contribution in [0.5, 0.6) is 5.75 Å². The summed E-state index contributed by atoms with van der Waals surface area (Å²) in [5, 5.41) is 12.0. The van der Waals surface area contributed by atoms with Gasteiger partial charge in [0.15, 0.2) is 8.32 Å². The molecule has 13 nitrogen and oxygen atoms in total. The average molecular weight is 977 g/mol. The van der Waals surface area contributed by atoms with Crippen molar-refractivity contribution in [2.45, 2.75) is 206 Å². The molecule has 1 saturated heterocycles. The molecule has 0 aromatic heterocycles. The second kappa shape index (κ2) is 29.1. The van der Waals surface area contributed by atoms with Gasteiger partial charge in [-0.05, 0) is 94.1 Å². The number of aliphatic hydroxyl groups is 1. The number of carbonyl (C=O) groups is 2. The third-order valence-electron chi connectivity index (χ3n) is 14.9. The van der Waals surface area contributed by atoms with Crippen LogP contribution in [0, 0.1) is 23.7 Å². The van der Waals surface area contributed by atoms with Crippen LogP contribution >= 0.6 is 0 Å². The summed E-state index contributed by atoms with van der Waals surface area (Å²) >= 11 is 0. The van der Waals surface area contributed by atoms with Crippen LogP contribution < -0.4 is 4.74 Å². The van der Waals surface area contributed by atoms with Crippen LogP contribution in [0.1, 0.15) is 126 Å². The zero-order chi connectivity index (χ0) is 50.8. The number of hydrogen-bond acceptors (Lipinski definition) is 13. The minimum absolute atomic E-state index is 0.000586. The third-order valence-corrected chi connectivity index (χ3v) is 19.4. The van der Waals surface area contributed by atoms with Gasteiger partial charge in [-0.3, -0.25) is 4.79 Å². The van der Waals surface area contributed by atoms with Crippen LogP contribution in [0.2, 0.25) is 18.1 Å². The fraction of sp³-hybridized carbons (Fsp3) is 0.778. The van der Waals surface area contributed by atoms with E-state index in [4.69, 9.17) is 47.1 Å². The van der Waals surface area contributed by atoms with Crippen LogP contribution in [0.4, 0.5) is 0 Å². The van der Waals surface area contributed by atoms with Crippen molar-refractivity contribution in [3.63, 3.8) is 0 Å². The van der Waals surface area contributed by atoms with E-state index in [1.807, 2.05) is 44.2 Å². The fourth-order valence-electron chi connectivity index (χ4n) is 9.44. The zero-order valence-electron chi connectivity index (χ0n) is 44.7. The number of ether oxygens (including phenoxy) is 9. The topological polar surface area (TPSA) is 147 Å². The summed E-state index contributed by atoms with van der Waals surface area (Å²) in [7, 11) is 5.88. The molecule has 14 atom stereocenters. The molecule has 1 fully saturated rings. The number of rotatable bonds is 30. The highest BCUT2D eigenvalue weighted by atomic mass is 28.4. The van der Waals surface area contributed by atoms with Gasteiger partial charge in [0.05, 0.1) is 81.9 Å². The molecule has 0 radical (unpaired) electrons. The van der Waals surface area contributed by atoms with E-state index in [0.29, 0.717) is 37.9 Å². The predicted octanol–water partition coefficient (Wildman–Crippen LogP) is 10.2. The molecule has 0 unspecified atom stereocenters. The number of aliphatic hydroxyl groups excluding tert-OH is 1. The molecule has 68 heavy (non-hydrogen) atoms. The number of Topliss-reactive ketones (excluding diaryl/α,β-unsaturated/α-hetero) is 1. The van der Waals surface area contributed by atoms with E-state index in [0.717, 1.165) is 37.0 Å². The van der Waals surface area contributed by atoms with Crippen molar-refractivity contribution < 1.29 is 61.8 Å². The summed E-state index contributed by atoms with van der Waals surface area (Å²) in [5.41, 5.74) is 1.51. The van der Waals surface area contributed by atoms with Gasteiger partial charge < -0.3 is 52.2 Å². The Morgan fingerprint density at radius 3 is 2.21 bits per heavy atom. The molecular weight excluding hydrogens is 885 g/mol. The molecule has 0 bridgehead atoms. The summed E-state index contributed by atoms with van der Waals surface area (Å²) < 4.78 is 60.6. The van der Waals surface area contributed by atoms with Gasteiger partial charge in [-0.25, -0.2) is 4.79 Å². The second-order valence-electron chi connectivity index (χ2n) is 21.2. The lowest BCUT2D eigenvalue weighted by molar-refractivity contribution is -0.155. The van der Waals surface area contributed by atoms with E-state index in [9.17, 15) is 14.7 Å². The number of benzene rings is 1. The lowest BCUT2D eigenvalue weighted by atomic mass is 9.79. The van der Waals surface area contributed by atoms with Gasteiger partial charge in [-0.1, -0.05) is 78.8 Å². The maximum atomic E-state index is 14.2. The molecule has 390 valence electrons. The Morgan fingerprint density at radius 2 is 1.60 bits per heavy atom. The van der Waals surface area contributed by atoms with E-state index in [1.165, 1.54) is 7.11 Å². The number of esters is 1. The third kappa shape index (κ3) is 18.9. The van der Waals surface area contributed by atoms with E-state index < -0.39 is 38.5 Å². The van der Waals surface area contributed by atoms with E-state index in [-0.39, 0.29) is 84.6 Å². The highest BCUT2D eigenvalue weighted by Crippen LogP contribution is 2.39. The van der Waals surface area contributed by atoms with Crippen LogP contribution in [-0.4, -0.2) is 129 Å². The van der Waals surface area contributed by atoms with Gasteiger partial charge in [0, 0.05) is 63.9 Å². The molecule has 2 heterocycles. The van der Waals surface area contributed by atoms with Gasteiger partial charge in [-0.15, -0.1) is 0 Å². The average Bonchev–Trinajstić information content (AvgIpc) is 3.30. The normalized spacial score (nSPS) is 24.5. The summed E-state index contributed by atoms with van der Waals surface area (Å²) in [5.74, 6) is -0.728. The Balaban J connectivity index is 1.76. The predicted molar refractivity (Wildman–Crippen MR) is 269 cm³/mol. The van der Waals surface area contributed by atoms with Gasteiger partial charge in [0.25, 0.3) is 0 Å². The molecule has 0 spiro atoms. The zero-order valence-corrected chi connectivity index (χ0v) is 45.7. The Morgan fingerprint density at radius 1 is 0.912 bits per heavy atom. The molecule has 3 rings (SSSR count). The van der Waals surface area contributed by atoms with E-state index >= 15 is 0 Å². The molecule has 2 aliphatic heterocycles. The van der Waals surface area contributed by atoms with Crippen molar-refractivity contribution in [3.8, 4) is 5.75 Å². The Kier molecular flexibility index (Phi) is 25.6. The van der Waals surface area contributed by atoms with Gasteiger partial charge >= 0.3 is 5.97 Å². The molecule has 0 aliphatic carbocycles. The van der Waals surface area contributed by atoms with Gasteiger partial charge in [0.1, 0.15) is 18.3 Å². The number of carbonyl (C=O) groups excluding carboxylic acids is 2. The standard InChI is InChI=1S/C54H92O13Si/c1-35(20-24-45-30-47(60-12)28-37(3)65-45)51(64-34-58-10)40(6)52(63-33-41-22-26-42(59-11)27-23-41)39(5)49(56)32-48(55)38(4)50(61-13)31-44-19-17-18-43(66-44)29-46(25-21-36(2)53(57)62-14)67-68(15,16)54(7,8)9/h17-18,21-23,26-27,35,37-40,43-47,49-52,56H,19-20,24-25,28-34H2,1-16H3/b36-21+/t35-,37-,38-,39-,40-,43-,44-,45-,46-,47+,49+,50-,51-,52-/m0/s1. The first kappa shape index (κ1) is 59.8. The van der Waals surface area contributed by atoms with Crippen molar-refractivity contribution >= 4 is 20.1 Å². The highest BCUT2D eigenvalue weighted by molar-refractivity contribution is 6.74. The van der Waals surface area contributed by atoms with E-state index in [1.54, 1.807) is 35.4 Å². The second-order valence-corrected chi connectivity index (χ2v) is 25.9. The van der Waals surface area contributed by atoms with Gasteiger partial charge in [-0.2, -0.15) is 0 Å². The first-order valence-corrected chi connectivity index (χ1v) is 28.0. The minimum Gasteiger partial charge on any atom is -0.497 e. The first-order valence-electron chi connectivity index (χ1n) is 25.1. The van der Waals surface area contributed by atoms with Crippen LogP contribution in [0.3, 0.4) is 0 Å². The minimum atomic E-state index is -2.16. The summed E-state index contributed by atoms with van der Waals surface area (Å²) in [6, 6.07) is 7.75. The lowest BCUT2D eigenvalue weighted by Gasteiger charge is -2.40. The maximum absolute atomic E-state index is 14.2. The van der Waals surface area contributed by atoms with Crippen LogP contribution in [0.25, 0.3) is 0 Å². The molecule has 2 aliphatic rings. The van der Waals surface area contributed by atoms with Crippen molar-refractivity contribution in [1.29, 1.82) is 0 Å². The number of ketones is 1. The van der Waals surface area contributed by atoms with Crippen molar-refractivity contribution in [2.24, 2.45) is 23.7 Å². The molecule has 1 N–H and O–H groups in total. The Labute approximate surface area is 411 Å². The largest absolute Gasteiger partial charge is 0.497 e. The molecule has 1 aromatic carbocycles. The Bertz CT molecular complexity index is 1680. The molecular formula is C54H92O13Si. The quantitative estimate of drug-likeness (QED) is 0.0257. The SMILES string of the molecule is COCO[C@H]([C@H](C)[C@@H](OCc1ccc(OC)cc1)[C@@H](C)[C@H](O)CC(=O)[C@H](C)[C@H](C[C@@H]1CC=C[C@@H](C[C@H](C/C=C(\C)C(=O)OC)O[Si](C)(C)C(C)(C)C)O1)OC)[C@@H](C)CC[C@H]1C[C@H](OC)C[C@H](C)O1. The van der Waals surface area contributed by atoms with Crippen molar-refractivity contribution in [3.05, 3.63) is 53.6 Å². The van der Waals surface area contributed by atoms with Crippen LogP contribution in [-0.2, 0) is 58.5 Å². The molecule has 14 heteroatoms. The smallest absolute Gasteiger partial charge is 0.333 e. The summed E-state index contributed by atoms with van der Waals surface area (Å²) in [6.45, 7) is 23.5. The van der Waals surface area contributed by atoms with E-state index in [2.05, 4.69) is 66.8 Å². The Hall–Kier alpha value is -2.50.